The van der Waals surface area contributed by atoms with Gasteiger partial charge in [-0.2, -0.15) is 18.2 Å². The van der Waals surface area contributed by atoms with E-state index in [2.05, 4.69) is 15.4 Å². The SMILES string of the molecule is CC(C)(C)OC(=O)N1CC2CCC(C1)C2Nc1nc(Oc2cccc(F)c2)n(CC(F)(F)F)n1. The van der Waals surface area contributed by atoms with Gasteiger partial charge in [-0.1, -0.05) is 6.07 Å². The molecule has 1 aromatic carbocycles. The average molecular weight is 485 g/mol. The van der Waals surface area contributed by atoms with E-state index in [-0.39, 0.29) is 35.7 Å². The Hall–Kier alpha value is -3.05. The average Bonchev–Trinajstić information content (AvgIpc) is 3.14. The number of fused-ring (bicyclic) bond motifs is 2. The lowest BCUT2D eigenvalue weighted by Gasteiger charge is -2.38. The zero-order chi connectivity index (χ0) is 24.7. The molecule has 8 nitrogen and oxygen atoms in total. The van der Waals surface area contributed by atoms with E-state index in [9.17, 15) is 22.4 Å². The second-order valence-electron chi connectivity index (χ2n) is 9.70. The van der Waals surface area contributed by atoms with Crippen LogP contribution < -0.4 is 10.1 Å². The Balaban J connectivity index is 1.49. The molecule has 2 atom stereocenters. The van der Waals surface area contributed by atoms with Crippen LogP contribution in [-0.4, -0.2) is 56.7 Å². The first-order valence-electron chi connectivity index (χ1n) is 11.1. The number of halogens is 4. The van der Waals surface area contributed by atoms with E-state index in [4.69, 9.17) is 9.47 Å². The molecule has 1 amide bonds. The Morgan fingerprint density at radius 1 is 1.18 bits per heavy atom. The van der Waals surface area contributed by atoms with Crippen molar-refractivity contribution in [2.75, 3.05) is 18.4 Å². The number of hydrogen-bond acceptors (Lipinski definition) is 6. The minimum absolute atomic E-state index is 0.00751. The van der Waals surface area contributed by atoms with Gasteiger partial charge in [0.05, 0.1) is 0 Å². The highest BCUT2D eigenvalue weighted by atomic mass is 19.4. The molecule has 1 aliphatic heterocycles. The summed E-state index contributed by atoms with van der Waals surface area (Å²) >= 11 is 0. The molecule has 2 aromatic rings. The monoisotopic (exact) mass is 485 g/mol. The van der Waals surface area contributed by atoms with Crippen LogP contribution in [0.15, 0.2) is 24.3 Å². The fourth-order valence-electron chi connectivity index (χ4n) is 4.46. The molecule has 1 saturated carbocycles. The van der Waals surface area contributed by atoms with Crippen molar-refractivity contribution in [3.8, 4) is 11.8 Å². The van der Waals surface area contributed by atoms with E-state index in [1.807, 2.05) is 0 Å². The van der Waals surface area contributed by atoms with Crippen LogP contribution in [0.5, 0.6) is 11.8 Å². The van der Waals surface area contributed by atoms with Crippen molar-refractivity contribution in [1.29, 1.82) is 0 Å². The number of benzene rings is 1. The summed E-state index contributed by atoms with van der Waals surface area (Å²) in [6.45, 7) is 4.95. The maximum atomic E-state index is 13.5. The van der Waals surface area contributed by atoms with Gasteiger partial charge in [0, 0.05) is 25.2 Å². The maximum Gasteiger partial charge on any atom is 0.410 e. The maximum absolute atomic E-state index is 13.5. The minimum Gasteiger partial charge on any atom is -0.444 e. The van der Waals surface area contributed by atoms with E-state index in [1.54, 1.807) is 25.7 Å². The zero-order valence-electron chi connectivity index (χ0n) is 19.1. The van der Waals surface area contributed by atoms with Gasteiger partial charge >= 0.3 is 18.3 Å². The summed E-state index contributed by atoms with van der Waals surface area (Å²) in [6, 6.07) is 4.53. The number of hydrogen-bond donors (Lipinski definition) is 1. The number of aromatic nitrogens is 3. The molecule has 2 aliphatic rings. The predicted octanol–water partition coefficient (Wildman–Crippen LogP) is 4.83. The topological polar surface area (TPSA) is 81.5 Å². The number of likely N-dealkylation sites (tertiary alicyclic amines) is 1. The number of carbonyl (C=O) groups is 1. The molecule has 2 fully saturated rings. The Morgan fingerprint density at radius 2 is 1.85 bits per heavy atom. The standard InChI is InChI=1S/C22H27F4N5O3/c1-21(2,3)34-20(32)30-10-13-7-8-14(11-30)17(13)27-18-28-19(31(29-18)12-22(24,25)26)33-16-6-4-5-15(23)9-16/h4-6,9,13-14,17H,7-8,10-12H2,1-3H3,(H,27,29). The van der Waals surface area contributed by atoms with Crippen molar-refractivity contribution >= 4 is 12.0 Å². The van der Waals surface area contributed by atoms with Crippen LogP contribution in [0, 0.1) is 17.7 Å². The zero-order valence-corrected chi connectivity index (χ0v) is 19.1. The molecule has 186 valence electrons. The van der Waals surface area contributed by atoms with Gasteiger partial charge in [-0.3, -0.25) is 0 Å². The molecule has 34 heavy (non-hydrogen) atoms. The number of alkyl halides is 3. The lowest BCUT2D eigenvalue weighted by molar-refractivity contribution is -0.143. The molecular weight excluding hydrogens is 458 g/mol. The van der Waals surface area contributed by atoms with Crippen LogP contribution in [0.25, 0.3) is 0 Å². The summed E-state index contributed by atoms with van der Waals surface area (Å²) in [4.78, 5) is 18.3. The second-order valence-corrected chi connectivity index (χ2v) is 9.70. The van der Waals surface area contributed by atoms with Crippen LogP contribution in [-0.2, 0) is 11.3 Å². The van der Waals surface area contributed by atoms with Gasteiger partial charge in [0.2, 0.25) is 5.95 Å². The highest BCUT2D eigenvalue weighted by molar-refractivity contribution is 5.68. The van der Waals surface area contributed by atoms with Crippen molar-refractivity contribution in [3.05, 3.63) is 30.1 Å². The summed E-state index contributed by atoms with van der Waals surface area (Å²) in [5, 5.41) is 7.11. The third-order valence-corrected chi connectivity index (χ3v) is 5.75. The summed E-state index contributed by atoms with van der Waals surface area (Å²) in [5.74, 6) is -0.440. The predicted molar refractivity (Wildman–Crippen MR) is 114 cm³/mol. The van der Waals surface area contributed by atoms with Gasteiger partial charge in [0.1, 0.15) is 23.7 Å². The largest absolute Gasteiger partial charge is 0.444 e. The highest BCUT2D eigenvalue weighted by Crippen LogP contribution is 2.39. The number of amides is 1. The summed E-state index contributed by atoms with van der Waals surface area (Å²) < 4.78 is 64.2. The van der Waals surface area contributed by atoms with Crippen LogP contribution >= 0.6 is 0 Å². The summed E-state index contributed by atoms with van der Waals surface area (Å²) in [7, 11) is 0. The van der Waals surface area contributed by atoms with E-state index in [1.165, 1.54) is 18.2 Å². The smallest absolute Gasteiger partial charge is 0.410 e. The molecule has 2 bridgehead atoms. The first-order chi connectivity index (χ1) is 15.9. The van der Waals surface area contributed by atoms with Crippen LogP contribution in [0.4, 0.5) is 28.3 Å². The Morgan fingerprint density at radius 3 is 2.44 bits per heavy atom. The molecule has 2 unspecified atom stereocenters. The number of anilines is 1. The van der Waals surface area contributed by atoms with Crippen molar-refractivity contribution in [2.45, 2.75) is 58.0 Å². The number of nitrogens with one attached hydrogen (secondary N) is 1. The molecule has 12 heteroatoms. The molecule has 0 spiro atoms. The van der Waals surface area contributed by atoms with Crippen LogP contribution in [0.1, 0.15) is 33.6 Å². The normalized spacial score (nSPS) is 22.6. The minimum atomic E-state index is -4.55. The van der Waals surface area contributed by atoms with Crippen molar-refractivity contribution < 1.29 is 31.8 Å². The molecule has 1 aliphatic carbocycles. The third-order valence-electron chi connectivity index (χ3n) is 5.75. The summed E-state index contributed by atoms with van der Waals surface area (Å²) in [6.07, 6.45) is -3.21. The van der Waals surface area contributed by atoms with Gasteiger partial charge < -0.3 is 19.7 Å². The molecule has 0 radical (unpaired) electrons. The van der Waals surface area contributed by atoms with Crippen LogP contribution in [0.2, 0.25) is 0 Å². The number of rotatable bonds is 5. The number of carbonyl (C=O) groups excluding carboxylic acids is 1. The number of piperidine rings is 1. The van der Waals surface area contributed by atoms with E-state index < -0.39 is 30.1 Å². The molecule has 1 N–H and O–H groups in total. The van der Waals surface area contributed by atoms with Gasteiger partial charge in [0.15, 0.2) is 0 Å². The Labute approximate surface area is 194 Å². The van der Waals surface area contributed by atoms with Gasteiger partial charge in [-0.15, -0.1) is 5.10 Å². The summed E-state index contributed by atoms with van der Waals surface area (Å²) in [5.41, 5.74) is -0.599. The third kappa shape index (κ3) is 5.89. The molecule has 1 saturated heterocycles. The van der Waals surface area contributed by atoms with Crippen molar-refractivity contribution in [3.63, 3.8) is 0 Å². The van der Waals surface area contributed by atoms with Gasteiger partial charge in [-0.05, 0) is 57.6 Å². The number of ether oxygens (including phenoxy) is 2. The lowest BCUT2D eigenvalue weighted by Crippen LogP contribution is -2.51. The van der Waals surface area contributed by atoms with Gasteiger partial charge in [0.25, 0.3) is 0 Å². The quantitative estimate of drug-likeness (QED) is 0.611. The van der Waals surface area contributed by atoms with Crippen molar-refractivity contribution in [1.82, 2.24) is 19.7 Å². The fourth-order valence-corrected chi connectivity index (χ4v) is 4.46. The van der Waals surface area contributed by atoms with E-state index in [0.29, 0.717) is 17.8 Å². The van der Waals surface area contributed by atoms with Gasteiger partial charge in [-0.25, -0.2) is 13.9 Å². The molecular formula is C22H27F4N5O3. The molecule has 4 rings (SSSR count). The van der Waals surface area contributed by atoms with Crippen molar-refractivity contribution in [2.24, 2.45) is 11.8 Å². The van der Waals surface area contributed by atoms with E-state index >= 15 is 0 Å². The molecule has 2 heterocycles. The fraction of sp³-hybridized carbons (Fsp3) is 0.591. The molecule has 1 aromatic heterocycles. The first-order valence-corrected chi connectivity index (χ1v) is 11.1. The Kier molecular flexibility index (Phi) is 6.34. The van der Waals surface area contributed by atoms with Crippen LogP contribution in [0.3, 0.4) is 0 Å². The Bertz CT molecular complexity index is 1020. The second kappa shape index (κ2) is 8.95. The lowest BCUT2D eigenvalue weighted by atomic mass is 9.92. The van der Waals surface area contributed by atoms with E-state index in [0.717, 1.165) is 18.9 Å². The first kappa shape index (κ1) is 24.1. The number of nitrogens with zero attached hydrogens (tertiary/aromatic N) is 4. The highest BCUT2D eigenvalue weighted by Gasteiger charge is 2.45.